The molecule has 0 aliphatic heterocycles. The molecule has 0 saturated carbocycles. The number of benzene rings is 1. The van der Waals surface area contributed by atoms with Crippen molar-refractivity contribution in [3.63, 3.8) is 0 Å². The van der Waals surface area contributed by atoms with E-state index in [-0.39, 0.29) is 17.5 Å². The molecule has 0 radical (unpaired) electrons. The zero-order chi connectivity index (χ0) is 17.5. The van der Waals surface area contributed by atoms with E-state index >= 15 is 0 Å². The van der Waals surface area contributed by atoms with Gasteiger partial charge < -0.3 is 15.4 Å². The number of methoxy groups -OCH3 is 1. The molecule has 7 nitrogen and oxygen atoms in total. The SMILES string of the molecule is CCn1cc(NC(=O)/C=C/c2ccc(OC)cc2)c(C(=O)NC)n1. The minimum absolute atomic E-state index is 0.186. The Labute approximate surface area is 140 Å². The highest BCUT2D eigenvalue weighted by Crippen LogP contribution is 2.15. The molecule has 126 valence electrons. The van der Waals surface area contributed by atoms with Gasteiger partial charge in [-0.05, 0) is 30.7 Å². The number of anilines is 1. The molecule has 2 N–H and O–H groups in total. The van der Waals surface area contributed by atoms with E-state index in [1.54, 1.807) is 24.1 Å². The minimum atomic E-state index is -0.350. The quantitative estimate of drug-likeness (QED) is 0.794. The zero-order valence-electron chi connectivity index (χ0n) is 13.9. The van der Waals surface area contributed by atoms with Crippen LogP contribution in [0.5, 0.6) is 5.75 Å². The number of aromatic nitrogens is 2. The van der Waals surface area contributed by atoms with E-state index in [1.165, 1.54) is 13.1 Å². The van der Waals surface area contributed by atoms with E-state index < -0.39 is 0 Å². The first-order valence-corrected chi connectivity index (χ1v) is 7.50. The van der Waals surface area contributed by atoms with Crippen molar-refractivity contribution < 1.29 is 14.3 Å². The van der Waals surface area contributed by atoms with E-state index in [4.69, 9.17) is 4.74 Å². The van der Waals surface area contributed by atoms with Crippen LogP contribution in [0.25, 0.3) is 6.08 Å². The van der Waals surface area contributed by atoms with Gasteiger partial charge in [-0.15, -0.1) is 0 Å². The Morgan fingerprint density at radius 2 is 2.00 bits per heavy atom. The summed E-state index contributed by atoms with van der Waals surface area (Å²) in [5, 5.41) is 9.33. The number of carbonyl (C=O) groups is 2. The molecule has 0 fully saturated rings. The summed E-state index contributed by atoms with van der Waals surface area (Å²) in [6.07, 6.45) is 4.71. The topological polar surface area (TPSA) is 85.2 Å². The molecular weight excluding hydrogens is 308 g/mol. The summed E-state index contributed by atoms with van der Waals surface area (Å²) in [5.74, 6) is 0.0575. The number of rotatable bonds is 6. The van der Waals surface area contributed by atoms with E-state index in [1.807, 2.05) is 31.2 Å². The molecule has 0 saturated heterocycles. The molecule has 2 rings (SSSR count). The highest BCUT2D eigenvalue weighted by molar-refractivity contribution is 6.06. The standard InChI is InChI=1S/C17H20N4O3/c1-4-21-11-14(16(20-21)17(23)18-2)19-15(22)10-7-12-5-8-13(24-3)9-6-12/h5-11H,4H2,1-3H3,(H,18,23)(H,19,22)/b10-7+. The maximum atomic E-state index is 12.1. The number of carbonyl (C=O) groups excluding carboxylic acids is 2. The van der Waals surface area contributed by atoms with Crippen molar-refractivity contribution in [3.05, 3.63) is 47.8 Å². The Morgan fingerprint density at radius 1 is 1.29 bits per heavy atom. The van der Waals surface area contributed by atoms with Gasteiger partial charge in [0.25, 0.3) is 5.91 Å². The number of nitrogens with zero attached hydrogens (tertiary/aromatic N) is 2. The summed E-state index contributed by atoms with van der Waals surface area (Å²) >= 11 is 0. The van der Waals surface area contributed by atoms with Crippen LogP contribution in [-0.4, -0.2) is 35.8 Å². The fourth-order valence-corrected chi connectivity index (χ4v) is 2.02. The Balaban J connectivity index is 2.09. The zero-order valence-corrected chi connectivity index (χ0v) is 13.9. The maximum absolute atomic E-state index is 12.1. The smallest absolute Gasteiger partial charge is 0.273 e. The average Bonchev–Trinajstić information content (AvgIpc) is 3.02. The number of amides is 2. The predicted molar refractivity (Wildman–Crippen MR) is 91.9 cm³/mol. The van der Waals surface area contributed by atoms with Gasteiger partial charge in [-0.3, -0.25) is 14.3 Å². The van der Waals surface area contributed by atoms with Crippen LogP contribution >= 0.6 is 0 Å². The molecule has 2 aromatic rings. The monoisotopic (exact) mass is 328 g/mol. The first kappa shape index (κ1) is 17.3. The second-order valence-corrected chi connectivity index (χ2v) is 4.92. The van der Waals surface area contributed by atoms with Crippen LogP contribution in [0.15, 0.2) is 36.5 Å². The molecule has 0 spiro atoms. The molecule has 0 aliphatic carbocycles. The fraction of sp³-hybridized carbons (Fsp3) is 0.235. The Hall–Kier alpha value is -3.09. The van der Waals surface area contributed by atoms with Crippen molar-refractivity contribution >= 4 is 23.6 Å². The molecule has 1 aromatic heterocycles. The van der Waals surface area contributed by atoms with Gasteiger partial charge >= 0.3 is 0 Å². The molecule has 1 aromatic carbocycles. The van der Waals surface area contributed by atoms with Crippen LogP contribution < -0.4 is 15.4 Å². The molecule has 24 heavy (non-hydrogen) atoms. The average molecular weight is 328 g/mol. The largest absolute Gasteiger partial charge is 0.497 e. The third kappa shape index (κ3) is 4.22. The number of ether oxygens (including phenoxy) is 1. The van der Waals surface area contributed by atoms with Crippen LogP contribution in [0.3, 0.4) is 0 Å². The summed E-state index contributed by atoms with van der Waals surface area (Å²) in [5.41, 5.74) is 1.42. The lowest BCUT2D eigenvalue weighted by atomic mass is 10.2. The molecule has 2 amide bonds. The van der Waals surface area contributed by atoms with Crippen molar-refractivity contribution in [2.24, 2.45) is 0 Å². The van der Waals surface area contributed by atoms with Crippen molar-refractivity contribution in [1.29, 1.82) is 0 Å². The van der Waals surface area contributed by atoms with Crippen molar-refractivity contribution in [1.82, 2.24) is 15.1 Å². The molecule has 1 heterocycles. The van der Waals surface area contributed by atoms with Crippen molar-refractivity contribution in [3.8, 4) is 5.75 Å². The van der Waals surface area contributed by atoms with E-state index in [0.717, 1.165) is 11.3 Å². The molecule has 0 unspecified atom stereocenters. The number of aryl methyl sites for hydroxylation is 1. The second kappa shape index (κ2) is 7.96. The molecule has 0 atom stereocenters. The summed E-state index contributed by atoms with van der Waals surface area (Å²) < 4.78 is 6.67. The van der Waals surface area contributed by atoms with Crippen LogP contribution in [0, 0.1) is 0 Å². The lowest BCUT2D eigenvalue weighted by Gasteiger charge is -2.02. The van der Waals surface area contributed by atoms with Crippen molar-refractivity contribution in [2.75, 3.05) is 19.5 Å². The molecule has 0 bridgehead atoms. The highest BCUT2D eigenvalue weighted by atomic mass is 16.5. The predicted octanol–water partition coefficient (Wildman–Crippen LogP) is 1.92. The second-order valence-electron chi connectivity index (χ2n) is 4.92. The van der Waals surface area contributed by atoms with Gasteiger partial charge in [0.2, 0.25) is 5.91 Å². The first-order chi connectivity index (χ1) is 11.6. The molecular formula is C17H20N4O3. The Morgan fingerprint density at radius 3 is 2.58 bits per heavy atom. The summed E-state index contributed by atoms with van der Waals surface area (Å²) in [6.45, 7) is 2.50. The van der Waals surface area contributed by atoms with Crippen LogP contribution in [0.2, 0.25) is 0 Å². The van der Waals surface area contributed by atoms with Gasteiger partial charge in [-0.1, -0.05) is 12.1 Å². The van der Waals surface area contributed by atoms with Gasteiger partial charge in [0.1, 0.15) is 5.75 Å². The fourth-order valence-electron chi connectivity index (χ4n) is 2.02. The van der Waals surface area contributed by atoms with Crippen molar-refractivity contribution in [2.45, 2.75) is 13.5 Å². The van der Waals surface area contributed by atoms with E-state index in [2.05, 4.69) is 15.7 Å². The van der Waals surface area contributed by atoms with Gasteiger partial charge in [-0.25, -0.2) is 0 Å². The lowest BCUT2D eigenvalue weighted by Crippen LogP contribution is -2.21. The minimum Gasteiger partial charge on any atom is -0.497 e. The van der Waals surface area contributed by atoms with E-state index in [9.17, 15) is 9.59 Å². The first-order valence-electron chi connectivity index (χ1n) is 7.50. The van der Waals surface area contributed by atoms with E-state index in [0.29, 0.717) is 12.2 Å². The molecule has 7 heteroatoms. The third-order valence-corrected chi connectivity index (χ3v) is 3.33. The van der Waals surface area contributed by atoms with Gasteiger partial charge in [-0.2, -0.15) is 5.10 Å². The normalized spacial score (nSPS) is 10.6. The maximum Gasteiger partial charge on any atom is 0.273 e. The number of nitrogens with one attached hydrogen (secondary N) is 2. The summed E-state index contributed by atoms with van der Waals surface area (Å²) in [4.78, 5) is 23.9. The summed E-state index contributed by atoms with van der Waals surface area (Å²) in [6, 6.07) is 7.31. The highest BCUT2D eigenvalue weighted by Gasteiger charge is 2.16. The third-order valence-electron chi connectivity index (χ3n) is 3.33. The summed E-state index contributed by atoms with van der Waals surface area (Å²) in [7, 11) is 3.11. The van der Waals surface area contributed by atoms with Gasteiger partial charge in [0, 0.05) is 25.9 Å². The molecule has 0 aliphatic rings. The van der Waals surface area contributed by atoms with Gasteiger partial charge in [0.05, 0.1) is 12.8 Å². The Kier molecular flexibility index (Phi) is 5.73. The number of hydrogen-bond acceptors (Lipinski definition) is 4. The number of hydrogen-bond donors (Lipinski definition) is 2. The van der Waals surface area contributed by atoms with Gasteiger partial charge in [0.15, 0.2) is 5.69 Å². The Bertz CT molecular complexity index is 748. The van der Waals surface area contributed by atoms with Crippen LogP contribution in [-0.2, 0) is 11.3 Å². The lowest BCUT2D eigenvalue weighted by molar-refractivity contribution is -0.111. The van der Waals surface area contributed by atoms with Crippen LogP contribution in [0.1, 0.15) is 23.0 Å². The van der Waals surface area contributed by atoms with Crippen LogP contribution in [0.4, 0.5) is 5.69 Å².